The van der Waals surface area contributed by atoms with Gasteiger partial charge >= 0.3 is 0 Å². The van der Waals surface area contributed by atoms with Gasteiger partial charge in [0.15, 0.2) is 5.17 Å². The Balaban J connectivity index is 2.20. The van der Waals surface area contributed by atoms with Gasteiger partial charge in [-0.25, -0.2) is 8.78 Å². The van der Waals surface area contributed by atoms with Crippen LogP contribution in [0.15, 0.2) is 29.3 Å². The predicted molar refractivity (Wildman–Crippen MR) is 81.6 cm³/mol. The Hall–Kier alpha value is -1.43. The highest BCUT2D eigenvalue weighted by Crippen LogP contribution is 2.43. The van der Waals surface area contributed by atoms with Crippen molar-refractivity contribution in [3.05, 3.63) is 35.6 Å². The molecule has 1 heterocycles. The van der Waals surface area contributed by atoms with E-state index < -0.39 is 10.4 Å². The lowest BCUT2D eigenvalue weighted by Crippen LogP contribution is -2.48. The summed E-state index contributed by atoms with van der Waals surface area (Å²) in [7, 11) is 0. The monoisotopic (exact) mass is 312 g/mol. The number of amidine groups is 1. The molecule has 3 nitrogen and oxygen atoms in total. The summed E-state index contributed by atoms with van der Waals surface area (Å²) in [5, 5.41) is 3.02. The molecule has 1 aromatic rings. The highest BCUT2D eigenvalue weighted by Gasteiger charge is 2.54. The second-order valence-electron chi connectivity index (χ2n) is 5.72. The summed E-state index contributed by atoms with van der Waals surface area (Å²) in [4.78, 5) is 16.4. The fourth-order valence-corrected chi connectivity index (χ4v) is 3.05. The smallest absolute Gasteiger partial charge is 0.245 e. The Bertz CT molecular complexity index is 580. The van der Waals surface area contributed by atoms with Crippen molar-refractivity contribution in [2.24, 2.45) is 4.99 Å². The van der Waals surface area contributed by atoms with Crippen molar-refractivity contribution in [1.82, 2.24) is 5.32 Å². The van der Waals surface area contributed by atoms with Gasteiger partial charge in [-0.1, -0.05) is 23.9 Å². The number of thioether (sulfide) groups is 1. The summed E-state index contributed by atoms with van der Waals surface area (Å²) >= 11 is 1.09. The quantitative estimate of drug-likeness (QED) is 0.926. The number of aliphatic imine (C=N–C) groups is 1. The Morgan fingerprint density at radius 3 is 2.38 bits per heavy atom. The van der Waals surface area contributed by atoms with Crippen LogP contribution in [0.4, 0.5) is 8.78 Å². The molecule has 0 radical (unpaired) electrons. The Kier molecular flexibility index (Phi) is 4.10. The van der Waals surface area contributed by atoms with Gasteiger partial charge in [0, 0.05) is 0 Å². The number of halogens is 2. The molecule has 6 heteroatoms. The average Bonchev–Trinajstić information content (AvgIpc) is 2.66. The molecule has 1 fully saturated rings. The molecule has 0 aromatic heterocycles. The molecule has 2 atom stereocenters. The van der Waals surface area contributed by atoms with Crippen molar-refractivity contribution in [2.75, 3.05) is 0 Å². The van der Waals surface area contributed by atoms with Crippen LogP contribution in [0.5, 0.6) is 0 Å². The van der Waals surface area contributed by atoms with E-state index in [2.05, 4.69) is 10.3 Å². The van der Waals surface area contributed by atoms with Gasteiger partial charge in [-0.3, -0.25) is 9.79 Å². The first-order chi connectivity index (χ1) is 9.63. The summed E-state index contributed by atoms with van der Waals surface area (Å²) in [6.45, 7) is 6.17. The summed E-state index contributed by atoms with van der Waals surface area (Å²) in [5.41, 5.74) is -0.843. The van der Waals surface area contributed by atoms with Crippen LogP contribution in [-0.4, -0.2) is 21.5 Å². The molecule has 2 rings (SSSR count). The van der Waals surface area contributed by atoms with Crippen LogP contribution in [0.1, 0.15) is 39.3 Å². The van der Waals surface area contributed by atoms with Gasteiger partial charge in [0.2, 0.25) is 5.91 Å². The van der Waals surface area contributed by atoms with Crippen molar-refractivity contribution >= 4 is 22.8 Å². The molecule has 114 valence electrons. The third-order valence-electron chi connectivity index (χ3n) is 3.75. The number of carbonyl (C=O) groups is 1. The van der Waals surface area contributed by atoms with Crippen LogP contribution >= 0.6 is 11.8 Å². The molecule has 1 aliphatic heterocycles. The Morgan fingerprint density at radius 2 is 1.90 bits per heavy atom. The number of nitrogens with one attached hydrogen (secondary N) is 1. The van der Waals surface area contributed by atoms with E-state index in [1.54, 1.807) is 19.1 Å². The van der Waals surface area contributed by atoms with E-state index in [0.29, 0.717) is 5.17 Å². The van der Waals surface area contributed by atoms with Crippen molar-refractivity contribution in [1.29, 1.82) is 0 Å². The van der Waals surface area contributed by atoms with Crippen LogP contribution in [0, 0.1) is 5.82 Å². The number of rotatable bonds is 3. The lowest BCUT2D eigenvalue weighted by atomic mass is 9.93. The van der Waals surface area contributed by atoms with Crippen molar-refractivity contribution in [2.45, 2.75) is 44.2 Å². The number of benzene rings is 1. The average molecular weight is 312 g/mol. The number of nitrogens with zero attached hydrogens (tertiary/aromatic N) is 1. The number of alkyl halides is 1. The largest absolute Gasteiger partial charge is 0.304 e. The third kappa shape index (κ3) is 3.10. The lowest BCUT2D eigenvalue weighted by molar-refractivity contribution is -0.124. The number of amides is 1. The van der Waals surface area contributed by atoms with E-state index in [-0.39, 0.29) is 17.8 Å². The summed E-state index contributed by atoms with van der Waals surface area (Å²) < 4.78 is 25.9. The molecule has 0 aliphatic carbocycles. The number of hydrogen-bond donors (Lipinski definition) is 1. The predicted octanol–water partition coefficient (Wildman–Crippen LogP) is 3.61. The molecule has 1 amide bonds. The van der Waals surface area contributed by atoms with Gasteiger partial charge in [-0.2, -0.15) is 0 Å². The molecule has 1 aliphatic rings. The van der Waals surface area contributed by atoms with Crippen LogP contribution < -0.4 is 5.32 Å². The first-order valence-electron chi connectivity index (χ1n) is 6.66. The van der Waals surface area contributed by atoms with Gasteiger partial charge in [0.1, 0.15) is 16.2 Å². The second-order valence-corrected chi connectivity index (χ2v) is 7.13. The van der Waals surface area contributed by atoms with Crippen molar-refractivity contribution in [3.63, 3.8) is 0 Å². The molecule has 1 saturated heterocycles. The van der Waals surface area contributed by atoms with Gasteiger partial charge < -0.3 is 5.32 Å². The summed E-state index contributed by atoms with van der Waals surface area (Å²) in [5.74, 6) is -0.695. The van der Waals surface area contributed by atoms with E-state index in [4.69, 9.17) is 0 Å². The zero-order valence-electron chi connectivity index (χ0n) is 12.4. The fourth-order valence-electron chi connectivity index (χ4n) is 1.92. The highest BCUT2D eigenvalue weighted by molar-refractivity contribution is 8.16. The summed E-state index contributed by atoms with van der Waals surface area (Å²) in [6, 6.07) is 5.76. The van der Waals surface area contributed by atoms with E-state index in [1.807, 2.05) is 6.92 Å². The first-order valence-corrected chi connectivity index (χ1v) is 7.48. The highest BCUT2D eigenvalue weighted by atomic mass is 32.2. The molecular formula is C15H18F2N2OS. The molecule has 0 bridgehead atoms. The molecule has 0 saturated carbocycles. The standard InChI is InChI=1S/C15H18F2N2OS/c1-9(10-5-7-11(16)8-6-10)18-13-19-12(20)15(4,21-13)14(2,3)17/h5-9H,1-4H3,(H,18,19,20). The lowest BCUT2D eigenvalue weighted by Gasteiger charge is -2.29. The molecule has 2 unspecified atom stereocenters. The van der Waals surface area contributed by atoms with E-state index in [1.165, 1.54) is 26.0 Å². The van der Waals surface area contributed by atoms with Crippen molar-refractivity contribution < 1.29 is 13.6 Å². The normalized spacial score (nSPS) is 26.0. The SMILES string of the molecule is CC(N=C1NC(=O)C(C)(C(C)(C)F)S1)c1ccc(F)cc1. The molecule has 1 aromatic carbocycles. The van der Waals surface area contributed by atoms with Gasteiger partial charge in [0.05, 0.1) is 6.04 Å². The minimum atomic E-state index is -1.67. The van der Waals surface area contributed by atoms with Gasteiger partial charge in [0.25, 0.3) is 0 Å². The van der Waals surface area contributed by atoms with Gasteiger partial charge in [-0.15, -0.1) is 0 Å². The van der Waals surface area contributed by atoms with Crippen LogP contribution in [0.3, 0.4) is 0 Å². The Labute approximate surface area is 127 Å². The molecule has 1 N–H and O–H groups in total. The van der Waals surface area contributed by atoms with Crippen LogP contribution in [0.2, 0.25) is 0 Å². The Morgan fingerprint density at radius 1 is 1.33 bits per heavy atom. The van der Waals surface area contributed by atoms with E-state index in [0.717, 1.165) is 17.3 Å². The fraction of sp³-hybridized carbons (Fsp3) is 0.467. The third-order valence-corrected chi connectivity index (χ3v) is 5.23. The number of carbonyl (C=O) groups excluding carboxylic acids is 1. The molecule has 0 spiro atoms. The maximum atomic E-state index is 14.2. The summed E-state index contributed by atoms with van der Waals surface area (Å²) in [6.07, 6.45) is 0. The minimum absolute atomic E-state index is 0.251. The maximum Gasteiger partial charge on any atom is 0.245 e. The zero-order chi connectivity index (χ0) is 15.8. The molecular weight excluding hydrogens is 294 g/mol. The van der Waals surface area contributed by atoms with Crippen molar-refractivity contribution in [3.8, 4) is 0 Å². The van der Waals surface area contributed by atoms with E-state index in [9.17, 15) is 13.6 Å². The van der Waals surface area contributed by atoms with E-state index >= 15 is 0 Å². The topological polar surface area (TPSA) is 41.5 Å². The maximum absolute atomic E-state index is 14.2. The minimum Gasteiger partial charge on any atom is -0.304 e. The van der Waals surface area contributed by atoms with Gasteiger partial charge in [-0.05, 0) is 45.4 Å². The second kappa shape index (κ2) is 5.40. The zero-order valence-corrected chi connectivity index (χ0v) is 13.2. The number of hydrogen-bond acceptors (Lipinski definition) is 3. The van der Waals surface area contributed by atoms with Crippen LogP contribution in [-0.2, 0) is 4.79 Å². The molecule has 21 heavy (non-hydrogen) atoms. The first kappa shape index (κ1) is 15.9. The van der Waals surface area contributed by atoms with Crippen LogP contribution in [0.25, 0.3) is 0 Å².